The van der Waals surface area contributed by atoms with Crippen LogP contribution in [0.5, 0.6) is 0 Å². The van der Waals surface area contributed by atoms with Gasteiger partial charge in [-0.05, 0) is 6.42 Å². The summed E-state index contributed by atoms with van der Waals surface area (Å²) < 4.78 is 0. The maximum absolute atomic E-state index is 5.25. The minimum Gasteiger partial charge on any atom is -0.514 e. The summed E-state index contributed by atoms with van der Waals surface area (Å²) in [5.41, 5.74) is 0.921. The van der Waals surface area contributed by atoms with E-state index in [-0.39, 0.29) is 17.4 Å². The van der Waals surface area contributed by atoms with Crippen molar-refractivity contribution >= 4 is 0 Å². The van der Waals surface area contributed by atoms with Gasteiger partial charge >= 0.3 is 0 Å². The van der Waals surface area contributed by atoms with E-state index in [0.717, 1.165) is 12.0 Å². The first-order valence-corrected chi connectivity index (χ1v) is 1.96. The molecular weight excluding hydrogens is 124 g/mol. The van der Waals surface area contributed by atoms with E-state index in [1.165, 1.54) is 0 Å². The molecule has 0 unspecified atom stereocenters. The Morgan fingerprint density at radius 1 is 1.86 bits per heavy atom. The van der Waals surface area contributed by atoms with Crippen molar-refractivity contribution in [3.8, 4) is 0 Å². The first-order valence-electron chi connectivity index (χ1n) is 1.96. The van der Waals surface area contributed by atoms with Gasteiger partial charge in [0.15, 0.2) is 0 Å². The zero-order valence-electron chi connectivity index (χ0n) is 4.48. The van der Waals surface area contributed by atoms with Gasteiger partial charge in [0.05, 0.1) is 0 Å². The van der Waals surface area contributed by atoms with Crippen molar-refractivity contribution in [1.29, 1.82) is 0 Å². The van der Waals surface area contributed by atoms with Crippen LogP contribution in [0.15, 0.2) is 18.2 Å². The monoisotopic (exact) mass is 133 g/mol. The van der Waals surface area contributed by atoms with Gasteiger partial charge in [-0.1, -0.05) is 13.0 Å². The fraction of sp³-hybridized carbons (Fsp3) is 0.333. The molecule has 0 atom stereocenters. The van der Waals surface area contributed by atoms with Gasteiger partial charge in [0.1, 0.15) is 0 Å². The molecule has 0 aliphatic rings. The molecule has 0 fully saturated rings. The fourth-order valence-corrected chi connectivity index (χ4v) is 0.228. The maximum atomic E-state index is 5.25. The third-order valence-electron chi connectivity index (χ3n) is 0.466. The van der Waals surface area contributed by atoms with E-state index in [0.29, 0.717) is 0 Å². The molecule has 0 heterocycles. The van der Waals surface area contributed by atoms with Crippen LogP contribution >= 0.6 is 0 Å². The van der Waals surface area contributed by atoms with Crippen LogP contribution in [0.4, 0.5) is 0 Å². The zero-order chi connectivity index (χ0) is 4.99. The first-order chi connectivity index (χ1) is 2.77. The standard InChI is InChI=1S/C6H9.Cr/c1-4-5-6(2)3;/h2,4H,1,5H2,3H3;/q-1;. The molecule has 0 aliphatic carbocycles. The van der Waals surface area contributed by atoms with Crippen molar-refractivity contribution in [1.82, 2.24) is 0 Å². The molecule has 0 spiro atoms. The summed E-state index contributed by atoms with van der Waals surface area (Å²) in [6.07, 6.45) is 2.62. The molecule has 0 saturated heterocycles. The molecule has 1 heteroatoms. The molecule has 0 aromatic heterocycles. The van der Waals surface area contributed by atoms with Crippen LogP contribution in [0.3, 0.4) is 0 Å². The van der Waals surface area contributed by atoms with E-state index in [2.05, 4.69) is 6.58 Å². The van der Waals surface area contributed by atoms with Gasteiger partial charge in [-0.15, -0.1) is 6.58 Å². The first kappa shape index (κ1) is 10.1. The second kappa shape index (κ2) is 6.01. The largest absolute Gasteiger partial charge is 0.514 e. The Bertz CT molecular complexity index is 64.6. The topological polar surface area (TPSA) is 0 Å². The SMILES string of the molecule is [CH-]=C(C)CC=C.[Cr]. The van der Waals surface area contributed by atoms with E-state index in [1.807, 2.05) is 6.92 Å². The minimum absolute atomic E-state index is 0. The third kappa shape index (κ3) is 10.7. The summed E-state index contributed by atoms with van der Waals surface area (Å²) in [5.74, 6) is 0. The van der Waals surface area contributed by atoms with Gasteiger partial charge in [-0.25, -0.2) is 0 Å². The van der Waals surface area contributed by atoms with Gasteiger partial charge in [-0.2, -0.15) is 0 Å². The van der Waals surface area contributed by atoms with Gasteiger partial charge in [-0.3, -0.25) is 5.57 Å². The van der Waals surface area contributed by atoms with E-state index in [9.17, 15) is 0 Å². The van der Waals surface area contributed by atoms with Crippen molar-refractivity contribution in [3.05, 3.63) is 24.8 Å². The van der Waals surface area contributed by atoms with Gasteiger partial charge < -0.3 is 6.58 Å². The van der Waals surface area contributed by atoms with Gasteiger partial charge in [0.2, 0.25) is 0 Å². The van der Waals surface area contributed by atoms with Crippen LogP contribution in [0.1, 0.15) is 13.3 Å². The molecule has 0 aliphatic heterocycles. The molecule has 0 bridgehead atoms. The van der Waals surface area contributed by atoms with Crippen LogP contribution in [0.25, 0.3) is 0 Å². The molecule has 0 amide bonds. The molecule has 0 radical (unpaired) electrons. The molecule has 0 N–H and O–H groups in total. The average molecular weight is 133 g/mol. The van der Waals surface area contributed by atoms with Crippen LogP contribution in [0, 0.1) is 6.58 Å². The van der Waals surface area contributed by atoms with E-state index in [4.69, 9.17) is 6.58 Å². The molecule has 7 heavy (non-hydrogen) atoms. The van der Waals surface area contributed by atoms with Crippen molar-refractivity contribution in [3.63, 3.8) is 0 Å². The smallest absolute Gasteiger partial charge is 0 e. The summed E-state index contributed by atoms with van der Waals surface area (Å²) in [6, 6.07) is 0. The third-order valence-corrected chi connectivity index (χ3v) is 0.466. The van der Waals surface area contributed by atoms with Crippen molar-refractivity contribution in [2.45, 2.75) is 13.3 Å². The second-order valence-corrected chi connectivity index (χ2v) is 1.34. The van der Waals surface area contributed by atoms with Gasteiger partial charge in [0.25, 0.3) is 0 Å². The molecular formula is C6H9Cr-. The Hall–Kier alpha value is 0.0125. The van der Waals surface area contributed by atoms with E-state index < -0.39 is 0 Å². The van der Waals surface area contributed by atoms with Crippen LogP contribution in [-0.4, -0.2) is 0 Å². The summed E-state index contributed by atoms with van der Waals surface area (Å²) in [6.45, 7) is 10.6. The Morgan fingerprint density at radius 3 is 2.29 bits per heavy atom. The maximum Gasteiger partial charge on any atom is 0 e. The zero-order valence-corrected chi connectivity index (χ0v) is 5.75. The van der Waals surface area contributed by atoms with Crippen molar-refractivity contribution < 1.29 is 17.4 Å². The number of allylic oxidation sites excluding steroid dienone is 2. The number of hydrogen-bond donors (Lipinski definition) is 0. The van der Waals surface area contributed by atoms with Crippen LogP contribution < -0.4 is 0 Å². The second-order valence-electron chi connectivity index (χ2n) is 1.34. The van der Waals surface area contributed by atoms with E-state index >= 15 is 0 Å². The predicted molar refractivity (Wildman–Crippen MR) is 28.3 cm³/mol. The van der Waals surface area contributed by atoms with Crippen LogP contribution in [0.2, 0.25) is 0 Å². The summed E-state index contributed by atoms with van der Waals surface area (Å²) in [7, 11) is 0. The minimum atomic E-state index is 0. The molecule has 40 valence electrons. The van der Waals surface area contributed by atoms with Crippen LogP contribution in [-0.2, 0) is 17.4 Å². The Morgan fingerprint density at radius 2 is 2.29 bits per heavy atom. The number of rotatable bonds is 2. The normalized spacial score (nSPS) is 6.43. The Balaban J connectivity index is 0. The molecule has 0 nitrogen and oxygen atoms in total. The number of hydrogen-bond acceptors (Lipinski definition) is 0. The molecule has 0 saturated carbocycles. The van der Waals surface area contributed by atoms with Crippen molar-refractivity contribution in [2.24, 2.45) is 0 Å². The van der Waals surface area contributed by atoms with Crippen molar-refractivity contribution in [2.75, 3.05) is 0 Å². The summed E-state index contributed by atoms with van der Waals surface area (Å²) in [5, 5.41) is 0. The summed E-state index contributed by atoms with van der Waals surface area (Å²) >= 11 is 0. The quantitative estimate of drug-likeness (QED) is 0.399. The Kier molecular flexibility index (Phi) is 8.67. The fourth-order valence-electron chi connectivity index (χ4n) is 0.228. The average Bonchev–Trinajstić information content (AvgIpc) is 1.35. The summed E-state index contributed by atoms with van der Waals surface area (Å²) in [4.78, 5) is 0. The predicted octanol–water partition coefficient (Wildman–Crippen LogP) is 1.94. The molecule has 0 aromatic rings. The van der Waals surface area contributed by atoms with Gasteiger partial charge in [0, 0.05) is 17.4 Å². The molecule has 0 rings (SSSR count). The molecule has 0 aromatic carbocycles. The van der Waals surface area contributed by atoms with E-state index in [1.54, 1.807) is 6.08 Å². The Labute approximate surface area is 56.1 Å².